The summed E-state index contributed by atoms with van der Waals surface area (Å²) in [5.74, 6) is 1.33. The van der Waals surface area contributed by atoms with Crippen LogP contribution in [0.2, 0.25) is 0 Å². The number of benzene rings is 1. The smallest absolute Gasteiger partial charge is 0.151 e. The Morgan fingerprint density at radius 3 is 2.76 bits per heavy atom. The summed E-state index contributed by atoms with van der Waals surface area (Å²) in [5.41, 5.74) is 2.11. The molecule has 2 N–H and O–H groups in total. The lowest BCUT2D eigenvalue weighted by atomic mass is 10.1. The second-order valence-corrected chi connectivity index (χ2v) is 5.53. The lowest BCUT2D eigenvalue weighted by molar-refractivity contribution is 0.474. The Kier molecular flexibility index (Phi) is 3.95. The molecule has 0 aliphatic carbocycles. The molecule has 1 aromatic carbocycles. The molecular weight excluding hydrogens is 262 g/mol. The summed E-state index contributed by atoms with van der Waals surface area (Å²) in [5, 5.41) is 13.1. The average Bonchev–Trinajstić information content (AvgIpc) is 3.02. The largest absolute Gasteiger partial charge is 0.508 e. The minimum absolute atomic E-state index is 0.114. The van der Waals surface area contributed by atoms with E-state index >= 15 is 0 Å². The highest BCUT2D eigenvalue weighted by molar-refractivity contribution is 5.66. The van der Waals surface area contributed by atoms with Crippen molar-refractivity contribution in [1.29, 1.82) is 0 Å². The van der Waals surface area contributed by atoms with E-state index in [1.54, 1.807) is 12.1 Å². The molecule has 0 bridgehead atoms. The van der Waals surface area contributed by atoms with Gasteiger partial charge in [-0.3, -0.25) is 0 Å². The Labute approximate surface area is 125 Å². The maximum atomic E-state index is 9.61. The van der Waals surface area contributed by atoms with Crippen molar-refractivity contribution in [1.82, 2.24) is 4.98 Å². The zero-order valence-electron chi connectivity index (χ0n) is 12.3. The molecule has 2 aromatic rings. The number of aromatic hydroxyl groups is 1. The van der Waals surface area contributed by atoms with Crippen molar-refractivity contribution in [3.63, 3.8) is 0 Å². The van der Waals surface area contributed by atoms with Gasteiger partial charge in [0.25, 0.3) is 0 Å². The first kappa shape index (κ1) is 13.7. The molecule has 1 saturated heterocycles. The van der Waals surface area contributed by atoms with Crippen LogP contribution in [0.4, 0.5) is 11.5 Å². The summed E-state index contributed by atoms with van der Waals surface area (Å²) in [7, 11) is 0. The van der Waals surface area contributed by atoms with Crippen molar-refractivity contribution >= 4 is 11.5 Å². The molecule has 1 atom stereocenters. The highest BCUT2D eigenvalue weighted by atomic mass is 16.3. The summed E-state index contributed by atoms with van der Waals surface area (Å²) in [6.45, 7) is 4.24. The number of rotatable bonds is 4. The first-order valence-corrected chi connectivity index (χ1v) is 7.49. The van der Waals surface area contributed by atoms with Gasteiger partial charge < -0.3 is 15.3 Å². The Morgan fingerprint density at radius 1 is 1.19 bits per heavy atom. The van der Waals surface area contributed by atoms with Crippen LogP contribution in [-0.4, -0.2) is 23.2 Å². The number of nitrogens with one attached hydrogen (secondary N) is 1. The molecular formula is C17H21N3O. The maximum absolute atomic E-state index is 9.61. The first-order valence-electron chi connectivity index (χ1n) is 7.49. The molecule has 2 heterocycles. The standard InChI is InChI=1S/C17H21N3O/c1-13(14-6-4-7-15(21)12-14)19-16-8-5-9-18-17(16)20-10-2-3-11-20/h4-9,12-13,19,21H,2-3,10-11H2,1H3. The van der Waals surface area contributed by atoms with Crippen LogP contribution in [0.25, 0.3) is 0 Å². The summed E-state index contributed by atoms with van der Waals surface area (Å²) in [6.07, 6.45) is 4.31. The predicted octanol–water partition coefficient (Wildman–Crippen LogP) is 3.56. The molecule has 4 nitrogen and oxygen atoms in total. The Bertz CT molecular complexity index is 608. The van der Waals surface area contributed by atoms with Gasteiger partial charge in [0.05, 0.1) is 5.69 Å². The lowest BCUT2D eigenvalue weighted by Crippen LogP contribution is -2.21. The molecule has 0 amide bonds. The number of hydrogen-bond donors (Lipinski definition) is 2. The monoisotopic (exact) mass is 283 g/mol. The van der Waals surface area contributed by atoms with Crippen LogP contribution in [-0.2, 0) is 0 Å². The molecule has 1 aliphatic rings. The van der Waals surface area contributed by atoms with Gasteiger partial charge in [-0.1, -0.05) is 12.1 Å². The maximum Gasteiger partial charge on any atom is 0.151 e. The van der Waals surface area contributed by atoms with E-state index in [-0.39, 0.29) is 6.04 Å². The Morgan fingerprint density at radius 2 is 2.00 bits per heavy atom. The van der Waals surface area contributed by atoms with Crippen LogP contribution >= 0.6 is 0 Å². The zero-order chi connectivity index (χ0) is 14.7. The van der Waals surface area contributed by atoms with E-state index < -0.39 is 0 Å². The topological polar surface area (TPSA) is 48.4 Å². The van der Waals surface area contributed by atoms with Crippen molar-refractivity contribution in [2.45, 2.75) is 25.8 Å². The van der Waals surface area contributed by atoms with Gasteiger partial charge in [-0.15, -0.1) is 0 Å². The van der Waals surface area contributed by atoms with Crippen molar-refractivity contribution in [2.75, 3.05) is 23.3 Å². The fraction of sp³-hybridized carbons (Fsp3) is 0.353. The van der Waals surface area contributed by atoms with Crippen LogP contribution in [0.15, 0.2) is 42.6 Å². The van der Waals surface area contributed by atoms with Gasteiger partial charge >= 0.3 is 0 Å². The Balaban J connectivity index is 1.81. The first-order chi connectivity index (χ1) is 10.2. The van der Waals surface area contributed by atoms with Gasteiger partial charge in [-0.25, -0.2) is 4.98 Å². The molecule has 1 unspecified atom stereocenters. The normalized spacial score (nSPS) is 16.0. The number of aromatic nitrogens is 1. The van der Waals surface area contributed by atoms with Gasteiger partial charge in [-0.05, 0) is 49.6 Å². The lowest BCUT2D eigenvalue weighted by Gasteiger charge is -2.23. The van der Waals surface area contributed by atoms with E-state index in [0.29, 0.717) is 5.75 Å². The van der Waals surface area contributed by atoms with Crippen LogP contribution < -0.4 is 10.2 Å². The minimum Gasteiger partial charge on any atom is -0.508 e. The summed E-state index contributed by atoms with van der Waals surface area (Å²) in [4.78, 5) is 6.87. The van der Waals surface area contributed by atoms with Gasteiger partial charge in [0, 0.05) is 25.3 Å². The molecule has 0 spiro atoms. The van der Waals surface area contributed by atoms with Gasteiger partial charge in [0.2, 0.25) is 0 Å². The molecule has 3 rings (SSSR count). The van der Waals surface area contributed by atoms with E-state index in [1.807, 2.05) is 24.4 Å². The molecule has 1 fully saturated rings. The van der Waals surface area contributed by atoms with Crippen LogP contribution in [0.5, 0.6) is 5.75 Å². The fourth-order valence-corrected chi connectivity index (χ4v) is 2.80. The SMILES string of the molecule is CC(Nc1cccnc1N1CCCC1)c1cccc(O)c1. The summed E-state index contributed by atoms with van der Waals surface area (Å²) >= 11 is 0. The molecule has 0 saturated carbocycles. The number of nitrogens with zero attached hydrogens (tertiary/aromatic N) is 2. The van der Waals surface area contributed by atoms with Crippen LogP contribution in [0.1, 0.15) is 31.4 Å². The fourth-order valence-electron chi connectivity index (χ4n) is 2.80. The number of phenolic OH excluding ortho intramolecular Hbond substituents is 1. The third-order valence-electron chi connectivity index (χ3n) is 3.93. The van der Waals surface area contributed by atoms with Gasteiger partial charge in [-0.2, -0.15) is 0 Å². The quantitative estimate of drug-likeness (QED) is 0.900. The number of hydrogen-bond acceptors (Lipinski definition) is 4. The van der Waals surface area contributed by atoms with E-state index in [4.69, 9.17) is 0 Å². The molecule has 0 radical (unpaired) electrons. The van der Waals surface area contributed by atoms with Crippen molar-refractivity contribution in [3.8, 4) is 5.75 Å². The number of phenols is 1. The third-order valence-corrected chi connectivity index (χ3v) is 3.93. The predicted molar refractivity (Wildman–Crippen MR) is 85.8 cm³/mol. The molecule has 1 aliphatic heterocycles. The highest BCUT2D eigenvalue weighted by Crippen LogP contribution is 2.29. The van der Waals surface area contributed by atoms with Crippen LogP contribution in [0, 0.1) is 0 Å². The van der Waals surface area contributed by atoms with E-state index in [2.05, 4.69) is 28.2 Å². The summed E-state index contributed by atoms with van der Waals surface area (Å²) < 4.78 is 0. The van der Waals surface area contributed by atoms with Crippen molar-refractivity contribution < 1.29 is 5.11 Å². The van der Waals surface area contributed by atoms with E-state index in [1.165, 1.54) is 12.8 Å². The molecule has 21 heavy (non-hydrogen) atoms. The summed E-state index contributed by atoms with van der Waals surface area (Å²) in [6, 6.07) is 11.5. The Hall–Kier alpha value is -2.23. The number of pyridine rings is 1. The second-order valence-electron chi connectivity index (χ2n) is 5.53. The highest BCUT2D eigenvalue weighted by Gasteiger charge is 2.18. The minimum atomic E-state index is 0.114. The van der Waals surface area contributed by atoms with Gasteiger partial charge in [0.1, 0.15) is 5.75 Å². The molecule has 1 aromatic heterocycles. The molecule has 4 heteroatoms. The molecule has 110 valence electrons. The van der Waals surface area contributed by atoms with Crippen LogP contribution in [0.3, 0.4) is 0 Å². The third kappa shape index (κ3) is 3.10. The number of anilines is 2. The van der Waals surface area contributed by atoms with E-state index in [0.717, 1.165) is 30.2 Å². The zero-order valence-corrected chi connectivity index (χ0v) is 12.3. The van der Waals surface area contributed by atoms with Gasteiger partial charge in [0.15, 0.2) is 5.82 Å². The average molecular weight is 283 g/mol. The second kappa shape index (κ2) is 6.04. The van der Waals surface area contributed by atoms with Crippen molar-refractivity contribution in [3.05, 3.63) is 48.2 Å². The van der Waals surface area contributed by atoms with E-state index in [9.17, 15) is 5.11 Å². The van der Waals surface area contributed by atoms with Crippen molar-refractivity contribution in [2.24, 2.45) is 0 Å².